The minimum Gasteiger partial charge on any atom is -0.497 e. The molecule has 4 aliphatic carbocycles. The zero-order valence-electron chi connectivity index (χ0n) is 71.6. The molecule has 24 heteroatoms. The van der Waals surface area contributed by atoms with Crippen LogP contribution < -0.4 is 40.2 Å². The molecule has 0 aliphatic heterocycles. The van der Waals surface area contributed by atoms with Crippen LogP contribution in [0.1, 0.15) is 199 Å². The molecule has 4 amide bonds. The van der Waals surface area contributed by atoms with Crippen LogP contribution in [0.5, 0.6) is 23.0 Å². The molecule has 2 heterocycles. The summed E-state index contributed by atoms with van der Waals surface area (Å²) in [6.45, 7) is 21.8. The lowest BCUT2D eigenvalue weighted by Crippen LogP contribution is -2.56. The molecule has 10 rings (SSSR count). The molecule has 4 aliphatic rings. The Labute approximate surface area is 694 Å². The maximum absolute atomic E-state index is 14.4. The molecule has 4 aromatic carbocycles. The first-order valence-electron chi connectivity index (χ1n) is 42.0. The number of hydrogen-bond donors (Lipinski definition) is 4. The number of carbonyl (C=O) groups is 10. The number of methoxy groups -OCH3 is 4. The average molecular weight is 1620 g/mol. The second-order valence-corrected chi connectivity index (χ2v) is 34.2. The van der Waals surface area contributed by atoms with Crippen LogP contribution in [0.3, 0.4) is 0 Å². The second-order valence-electron chi connectivity index (χ2n) is 34.2. The van der Waals surface area contributed by atoms with E-state index >= 15 is 0 Å². The number of nitrogens with zero attached hydrogens (tertiary/aromatic N) is 2. The highest BCUT2D eigenvalue weighted by Crippen LogP contribution is 2.41. The number of carbonyl (C=O) groups excluding carboxylic acids is 10. The first-order chi connectivity index (χ1) is 56.2. The Morgan fingerprint density at radius 1 is 0.449 bits per heavy atom. The lowest BCUT2D eigenvalue weighted by Gasteiger charge is -2.31. The van der Waals surface area contributed by atoms with Gasteiger partial charge in [-0.05, 0) is 140 Å². The Morgan fingerprint density at radius 2 is 0.805 bits per heavy atom. The van der Waals surface area contributed by atoms with Gasteiger partial charge in [0, 0.05) is 83.0 Å². The third-order valence-corrected chi connectivity index (χ3v) is 22.2. The number of benzene rings is 4. The fourth-order valence-corrected chi connectivity index (χ4v) is 16.1. The quantitative estimate of drug-likeness (QED) is 0.0215. The highest BCUT2D eigenvalue weighted by molar-refractivity contribution is 6.06. The van der Waals surface area contributed by atoms with Gasteiger partial charge in [0.15, 0.2) is 0 Å². The molecule has 0 bridgehead atoms. The normalized spacial score (nSPS) is 18.6. The summed E-state index contributed by atoms with van der Waals surface area (Å²) in [6, 6.07) is 30.3. The molecule has 0 saturated heterocycles. The summed E-state index contributed by atoms with van der Waals surface area (Å²) in [6.07, 6.45) is 13.1. The second kappa shape index (κ2) is 42.2. The van der Waals surface area contributed by atoms with Crippen molar-refractivity contribution in [1.29, 1.82) is 0 Å². The minimum atomic E-state index is -1.03. The van der Waals surface area contributed by atoms with Crippen LogP contribution in [0.15, 0.2) is 132 Å². The number of Topliss-reactive ketones (excluding diaryl/α,β-unsaturated/α-hetero) is 2. The third kappa shape index (κ3) is 24.8. The van der Waals surface area contributed by atoms with Crippen molar-refractivity contribution in [1.82, 2.24) is 31.2 Å². The third-order valence-electron chi connectivity index (χ3n) is 22.2. The largest absolute Gasteiger partial charge is 0.497 e. The molecule has 10 atom stereocenters. The van der Waals surface area contributed by atoms with Crippen LogP contribution in [-0.2, 0) is 66.9 Å². The number of hydrogen-bond acceptors (Lipinski definition) is 20. The molecule has 2 fully saturated rings. The fourth-order valence-electron chi connectivity index (χ4n) is 16.1. The van der Waals surface area contributed by atoms with E-state index in [1.807, 2.05) is 123 Å². The van der Waals surface area contributed by atoms with Gasteiger partial charge in [-0.3, -0.25) is 38.4 Å². The van der Waals surface area contributed by atoms with Crippen molar-refractivity contribution in [2.45, 2.75) is 246 Å². The number of pyridine rings is 2. The van der Waals surface area contributed by atoms with Crippen LogP contribution in [0.4, 0.5) is 0 Å². The Bertz CT molecular complexity index is 4280. The average Bonchev–Trinajstić information content (AvgIpc) is 1.48. The first-order valence-corrected chi connectivity index (χ1v) is 42.0. The van der Waals surface area contributed by atoms with Gasteiger partial charge in [0.25, 0.3) is 0 Å². The van der Waals surface area contributed by atoms with E-state index in [2.05, 4.69) is 21.3 Å². The number of fused-ring (bicyclic) bond motifs is 2. The van der Waals surface area contributed by atoms with Crippen molar-refractivity contribution in [3.05, 3.63) is 132 Å². The van der Waals surface area contributed by atoms with E-state index in [1.54, 1.807) is 95.6 Å². The standard InChI is InChI=1S/2C47H61N3O9/c2*1-9-16-31(45(54)59-47(4,5)6)23-39(51)35-24-33(58-40-27-37(29-17-12-10-13-18-29)48-38-26-32(56-7)21-22-34(38)40)25-36(35)43(52)49-41(28(2)3)44(53)50-42(46(55)57-8)30-19-14-11-15-20-30/h2*10,12-13,17-18,21-22,25-28,30-31,33,35,41-42H,9,11,14-16,19-20,23-24H2,1-8H3,(H,49,52)(H,50,53)/t31-,33+,35+,41+,42+;31-,33-,35-,41+,42+/m11/s1. The summed E-state index contributed by atoms with van der Waals surface area (Å²) in [5, 5.41) is 13.0. The van der Waals surface area contributed by atoms with Gasteiger partial charge >= 0.3 is 23.9 Å². The molecule has 0 unspecified atom stereocenters. The highest BCUT2D eigenvalue weighted by atomic mass is 16.6. The lowest BCUT2D eigenvalue weighted by atomic mass is 9.83. The van der Waals surface area contributed by atoms with E-state index in [1.165, 1.54) is 14.2 Å². The Morgan fingerprint density at radius 3 is 1.12 bits per heavy atom. The molecule has 24 nitrogen and oxygen atoms in total. The lowest BCUT2D eigenvalue weighted by molar-refractivity contribution is -0.162. The maximum Gasteiger partial charge on any atom is 0.328 e. The van der Waals surface area contributed by atoms with E-state index in [4.69, 9.17) is 47.9 Å². The summed E-state index contributed by atoms with van der Waals surface area (Å²) in [5.41, 5.74) is 3.17. The molecule has 2 aromatic heterocycles. The molecule has 4 N–H and O–H groups in total. The van der Waals surface area contributed by atoms with Crippen molar-refractivity contribution < 1.29 is 85.8 Å². The monoisotopic (exact) mass is 1620 g/mol. The number of ether oxygens (including phenoxy) is 8. The van der Waals surface area contributed by atoms with Crippen LogP contribution >= 0.6 is 0 Å². The number of rotatable bonds is 34. The zero-order chi connectivity index (χ0) is 85.7. The molecule has 2 saturated carbocycles. The van der Waals surface area contributed by atoms with Crippen molar-refractivity contribution in [3.8, 4) is 45.5 Å². The summed E-state index contributed by atoms with van der Waals surface area (Å²) in [5.74, 6) is -6.72. The maximum atomic E-state index is 14.4. The van der Waals surface area contributed by atoms with Crippen LogP contribution in [0, 0.1) is 47.3 Å². The van der Waals surface area contributed by atoms with Crippen molar-refractivity contribution in [2.24, 2.45) is 47.3 Å². The minimum absolute atomic E-state index is 0.0742. The Kier molecular flexibility index (Phi) is 32.7. The van der Waals surface area contributed by atoms with Gasteiger partial charge in [-0.25, -0.2) is 19.6 Å². The van der Waals surface area contributed by atoms with Gasteiger partial charge in [0.05, 0.1) is 74.5 Å². The van der Waals surface area contributed by atoms with Gasteiger partial charge in [0.1, 0.15) is 82.1 Å². The fraction of sp³-hybridized carbons (Fsp3) is 0.532. The van der Waals surface area contributed by atoms with Crippen LogP contribution in [0.2, 0.25) is 0 Å². The van der Waals surface area contributed by atoms with Crippen LogP contribution in [0.25, 0.3) is 44.3 Å². The van der Waals surface area contributed by atoms with Crippen LogP contribution in [-0.4, -0.2) is 145 Å². The van der Waals surface area contributed by atoms with E-state index in [0.717, 1.165) is 75.3 Å². The number of amides is 4. The molecule has 0 spiro atoms. The number of ketones is 2. The van der Waals surface area contributed by atoms with E-state index in [9.17, 15) is 47.9 Å². The topological polar surface area (TPSA) is 318 Å². The molecular weight excluding hydrogens is 1500 g/mol. The van der Waals surface area contributed by atoms with Gasteiger partial charge in [0.2, 0.25) is 23.6 Å². The van der Waals surface area contributed by atoms with Crippen molar-refractivity contribution in [2.75, 3.05) is 28.4 Å². The number of nitrogens with one attached hydrogen (secondary N) is 4. The van der Waals surface area contributed by atoms with E-state index in [0.29, 0.717) is 81.9 Å². The molecular formula is C94H122N6O18. The number of aromatic nitrogens is 2. The number of esters is 4. The molecule has 636 valence electrons. The molecule has 0 radical (unpaired) electrons. The zero-order valence-corrected chi connectivity index (χ0v) is 71.6. The van der Waals surface area contributed by atoms with E-state index in [-0.39, 0.29) is 72.1 Å². The summed E-state index contributed by atoms with van der Waals surface area (Å²) in [4.78, 5) is 148. The van der Waals surface area contributed by atoms with Gasteiger partial charge in [-0.1, -0.05) is 154 Å². The van der Waals surface area contributed by atoms with Gasteiger partial charge in [-0.2, -0.15) is 0 Å². The summed E-state index contributed by atoms with van der Waals surface area (Å²) < 4.78 is 46.0. The first kappa shape index (κ1) is 91.4. The van der Waals surface area contributed by atoms with E-state index < -0.39 is 119 Å². The Hall–Kier alpha value is -10.5. The summed E-state index contributed by atoms with van der Waals surface area (Å²) in [7, 11) is 5.77. The van der Waals surface area contributed by atoms with Gasteiger partial charge in [-0.15, -0.1) is 0 Å². The Balaban J connectivity index is 0.000000269. The molecule has 6 aromatic rings. The molecule has 118 heavy (non-hydrogen) atoms. The highest BCUT2D eigenvalue weighted by Gasteiger charge is 2.44. The SMILES string of the molecule is CCC[C@H](CC(=O)[C@@H]1C[C@@H](Oc2cc(-c3ccccc3)nc3cc(OC)ccc23)C=C1C(=O)N[C@H](C(=O)N[C@H](C(=O)OC)C1CCCCC1)C(C)C)C(=O)OC(C)(C)C.CCC[C@H](CC(=O)[C@H]1C[C@H](Oc2cc(-c3ccccc3)nc3cc(OC)ccc23)C=C1C(=O)N[C@H](C(=O)N[C@H](C(=O)OC)C1CCCCC1)C(C)C)C(=O)OC(C)(C)C. The predicted molar refractivity (Wildman–Crippen MR) is 451 cm³/mol. The van der Waals surface area contributed by atoms with Gasteiger partial charge < -0.3 is 59.2 Å². The van der Waals surface area contributed by atoms with Crippen molar-refractivity contribution >= 4 is 80.9 Å². The summed E-state index contributed by atoms with van der Waals surface area (Å²) >= 11 is 0. The van der Waals surface area contributed by atoms with Crippen molar-refractivity contribution in [3.63, 3.8) is 0 Å². The smallest absolute Gasteiger partial charge is 0.328 e. The predicted octanol–water partition coefficient (Wildman–Crippen LogP) is 15.4.